The summed E-state index contributed by atoms with van der Waals surface area (Å²) >= 11 is 0. The molecule has 1 saturated heterocycles. The highest BCUT2D eigenvalue weighted by atomic mass is 16.5. The van der Waals surface area contributed by atoms with E-state index in [1.807, 2.05) is 6.07 Å². The van der Waals surface area contributed by atoms with Crippen LogP contribution in [0.5, 0.6) is 5.75 Å². The van der Waals surface area contributed by atoms with Crippen LogP contribution in [0.3, 0.4) is 0 Å². The van der Waals surface area contributed by atoms with Crippen molar-refractivity contribution < 1.29 is 14.8 Å². The Bertz CT molecular complexity index is 406. The molecule has 0 aliphatic carbocycles. The van der Waals surface area contributed by atoms with Gasteiger partial charge in [0.25, 0.3) is 0 Å². The van der Waals surface area contributed by atoms with Gasteiger partial charge in [-0.2, -0.15) is 0 Å². The number of rotatable bonds is 6. The minimum Gasteiger partial charge on any atom is -0.487 e. The lowest BCUT2D eigenvalue weighted by Gasteiger charge is -2.22. The number of quaternary nitrogens is 1. The largest absolute Gasteiger partial charge is 0.487 e. The maximum atomic E-state index is 5.96. The number of para-hydroxylation sites is 1. The van der Waals surface area contributed by atoms with Gasteiger partial charge in [0.1, 0.15) is 31.5 Å². The van der Waals surface area contributed by atoms with Crippen molar-refractivity contribution in [2.75, 3.05) is 26.3 Å². The summed E-state index contributed by atoms with van der Waals surface area (Å²) in [5, 5.41) is 2.30. The van der Waals surface area contributed by atoms with E-state index in [1.165, 1.54) is 18.4 Å². The highest BCUT2D eigenvalue weighted by Gasteiger charge is 2.19. The third-order valence-electron chi connectivity index (χ3n) is 3.73. The van der Waals surface area contributed by atoms with Crippen LogP contribution in [0.2, 0.25) is 0 Å². The molecule has 1 fully saturated rings. The zero-order valence-corrected chi connectivity index (χ0v) is 13.0. The molecule has 1 aromatic carbocycles. The van der Waals surface area contributed by atoms with Gasteiger partial charge in [0.05, 0.1) is 0 Å². The van der Waals surface area contributed by atoms with Gasteiger partial charge in [0.15, 0.2) is 0 Å². The maximum absolute atomic E-state index is 5.96. The van der Waals surface area contributed by atoms with Gasteiger partial charge in [-0.3, -0.25) is 0 Å². The first kappa shape index (κ1) is 15.3. The molecule has 0 aromatic heterocycles. The Hall–Kier alpha value is -1.06. The second-order valence-electron chi connectivity index (χ2n) is 6.54. The van der Waals surface area contributed by atoms with Crippen molar-refractivity contribution >= 4 is 0 Å². The fourth-order valence-electron chi connectivity index (χ4n) is 2.60. The smallest absolute Gasteiger partial charge is 0.137 e. The molecule has 3 nitrogen and oxygen atoms in total. The van der Waals surface area contributed by atoms with E-state index in [-0.39, 0.29) is 5.41 Å². The summed E-state index contributed by atoms with van der Waals surface area (Å²) in [6, 6.07) is 8.35. The lowest BCUT2D eigenvalue weighted by molar-refractivity contribution is -0.661. The second kappa shape index (κ2) is 7.09. The molecule has 1 atom stereocenters. The molecule has 1 aliphatic heterocycles. The Morgan fingerprint density at radius 2 is 2.10 bits per heavy atom. The van der Waals surface area contributed by atoms with Crippen molar-refractivity contribution in [2.24, 2.45) is 0 Å². The van der Waals surface area contributed by atoms with E-state index in [0.29, 0.717) is 6.10 Å². The zero-order valence-electron chi connectivity index (χ0n) is 13.0. The summed E-state index contributed by atoms with van der Waals surface area (Å²) in [6.07, 6.45) is 2.88. The molecule has 2 rings (SSSR count). The molecule has 112 valence electrons. The van der Waals surface area contributed by atoms with Crippen molar-refractivity contribution in [2.45, 2.75) is 45.1 Å². The maximum Gasteiger partial charge on any atom is 0.137 e. The van der Waals surface area contributed by atoms with Crippen LogP contribution in [-0.2, 0) is 10.2 Å². The molecular formula is C17H28NO2+. The molecule has 0 radical (unpaired) electrons. The highest BCUT2D eigenvalue weighted by Crippen LogP contribution is 2.30. The molecule has 1 heterocycles. The van der Waals surface area contributed by atoms with Crippen molar-refractivity contribution in [1.82, 2.24) is 0 Å². The van der Waals surface area contributed by atoms with Crippen molar-refractivity contribution in [3.8, 4) is 5.75 Å². The molecule has 20 heavy (non-hydrogen) atoms. The predicted octanol–water partition coefficient (Wildman–Crippen LogP) is 2.11. The third kappa shape index (κ3) is 4.50. The Balaban J connectivity index is 1.73. The van der Waals surface area contributed by atoms with Gasteiger partial charge in [-0.25, -0.2) is 0 Å². The number of hydrogen-bond acceptors (Lipinski definition) is 2. The molecule has 3 heteroatoms. The first-order chi connectivity index (χ1) is 9.57. The van der Waals surface area contributed by atoms with E-state index in [2.05, 4.69) is 44.3 Å². The third-order valence-corrected chi connectivity index (χ3v) is 3.73. The normalized spacial score (nSPS) is 19.2. The summed E-state index contributed by atoms with van der Waals surface area (Å²) in [7, 11) is 0. The molecule has 0 saturated carbocycles. The minimum absolute atomic E-state index is 0.123. The first-order valence-electron chi connectivity index (χ1n) is 7.73. The average Bonchev–Trinajstić information content (AvgIpc) is 2.91. The first-order valence-corrected chi connectivity index (χ1v) is 7.73. The lowest BCUT2D eigenvalue weighted by atomic mass is 9.86. The standard InChI is InChI=1S/C17H27NO2/c1-17(2,3)15-8-4-5-9-16(15)20-12-10-18-13-14-7-6-11-19-14/h4-5,8-9,14,18H,6-7,10-13H2,1-3H3/p+1/t14-/m1/s1. The van der Waals surface area contributed by atoms with Gasteiger partial charge in [0.2, 0.25) is 0 Å². The minimum atomic E-state index is 0.123. The number of ether oxygens (including phenoxy) is 2. The van der Waals surface area contributed by atoms with Crippen molar-refractivity contribution in [3.63, 3.8) is 0 Å². The zero-order chi connectivity index (χ0) is 14.4. The van der Waals surface area contributed by atoms with Gasteiger partial charge >= 0.3 is 0 Å². The van der Waals surface area contributed by atoms with Crippen LogP contribution in [0.15, 0.2) is 24.3 Å². The molecule has 0 spiro atoms. The molecule has 0 unspecified atom stereocenters. The van der Waals surface area contributed by atoms with Gasteiger partial charge in [-0.05, 0) is 29.9 Å². The van der Waals surface area contributed by atoms with Crippen LogP contribution in [0, 0.1) is 0 Å². The summed E-state index contributed by atoms with van der Waals surface area (Å²) < 4.78 is 11.6. The number of hydrogen-bond donors (Lipinski definition) is 1. The van der Waals surface area contributed by atoms with Gasteiger partial charge in [-0.1, -0.05) is 39.0 Å². The fraction of sp³-hybridized carbons (Fsp3) is 0.647. The van der Waals surface area contributed by atoms with Crippen LogP contribution >= 0.6 is 0 Å². The van der Waals surface area contributed by atoms with Crippen LogP contribution in [-0.4, -0.2) is 32.4 Å². The Morgan fingerprint density at radius 3 is 2.80 bits per heavy atom. The van der Waals surface area contributed by atoms with Crippen LogP contribution in [0.25, 0.3) is 0 Å². The summed E-state index contributed by atoms with van der Waals surface area (Å²) in [5.74, 6) is 1.02. The average molecular weight is 278 g/mol. The molecule has 1 aliphatic rings. The van der Waals surface area contributed by atoms with Crippen molar-refractivity contribution in [3.05, 3.63) is 29.8 Å². The number of nitrogens with two attached hydrogens (primary N) is 1. The SMILES string of the molecule is CC(C)(C)c1ccccc1OCC[NH2+]C[C@H]1CCCO1. The Labute approximate surface area is 122 Å². The van der Waals surface area contributed by atoms with Gasteiger partial charge < -0.3 is 14.8 Å². The quantitative estimate of drug-likeness (QED) is 0.809. The topological polar surface area (TPSA) is 35.1 Å². The summed E-state index contributed by atoms with van der Waals surface area (Å²) in [4.78, 5) is 0. The highest BCUT2D eigenvalue weighted by molar-refractivity contribution is 5.38. The van der Waals surface area contributed by atoms with Crippen molar-refractivity contribution in [1.29, 1.82) is 0 Å². The van der Waals surface area contributed by atoms with E-state index >= 15 is 0 Å². The van der Waals surface area contributed by atoms with E-state index in [0.717, 1.165) is 32.1 Å². The number of benzene rings is 1. The monoisotopic (exact) mass is 278 g/mol. The van der Waals surface area contributed by atoms with Crippen LogP contribution in [0.4, 0.5) is 0 Å². The summed E-state index contributed by atoms with van der Waals surface area (Å²) in [5.41, 5.74) is 1.40. The summed E-state index contributed by atoms with van der Waals surface area (Å²) in [6.45, 7) is 10.4. The molecule has 0 amide bonds. The molecule has 0 bridgehead atoms. The van der Waals surface area contributed by atoms with Crippen LogP contribution in [0.1, 0.15) is 39.2 Å². The Morgan fingerprint density at radius 1 is 1.30 bits per heavy atom. The predicted molar refractivity (Wildman–Crippen MR) is 81.3 cm³/mol. The van der Waals surface area contributed by atoms with Gasteiger partial charge in [0, 0.05) is 6.61 Å². The molecule has 2 N–H and O–H groups in total. The van der Waals surface area contributed by atoms with Gasteiger partial charge in [-0.15, -0.1) is 0 Å². The fourth-order valence-corrected chi connectivity index (χ4v) is 2.60. The van der Waals surface area contributed by atoms with E-state index in [9.17, 15) is 0 Å². The van der Waals surface area contributed by atoms with E-state index < -0.39 is 0 Å². The van der Waals surface area contributed by atoms with E-state index in [4.69, 9.17) is 9.47 Å². The van der Waals surface area contributed by atoms with E-state index in [1.54, 1.807) is 0 Å². The van der Waals surface area contributed by atoms with Crippen LogP contribution < -0.4 is 10.1 Å². The second-order valence-corrected chi connectivity index (χ2v) is 6.54. The Kier molecular flexibility index (Phi) is 5.44. The molecular weight excluding hydrogens is 250 g/mol. The molecule has 1 aromatic rings. The lowest BCUT2D eigenvalue weighted by Crippen LogP contribution is -2.87.